The van der Waals surface area contributed by atoms with Crippen molar-refractivity contribution in [3.63, 3.8) is 0 Å². The second-order valence-corrected chi connectivity index (χ2v) is 6.62. The minimum atomic E-state index is -0.0949. The van der Waals surface area contributed by atoms with Crippen LogP contribution in [0.3, 0.4) is 0 Å². The number of carbonyl (C=O) groups is 1. The summed E-state index contributed by atoms with van der Waals surface area (Å²) in [5.74, 6) is 0.615. The maximum absolute atomic E-state index is 12.1. The van der Waals surface area contributed by atoms with Crippen LogP contribution in [0.5, 0.6) is 0 Å². The average Bonchev–Trinajstić information content (AvgIpc) is 3.40. The van der Waals surface area contributed by atoms with E-state index in [-0.39, 0.29) is 24.1 Å². The van der Waals surface area contributed by atoms with E-state index in [0.717, 1.165) is 19.3 Å². The molecule has 4 nitrogen and oxygen atoms in total. The van der Waals surface area contributed by atoms with Crippen LogP contribution >= 0.6 is 0 Å². The van der Waals surface area contributed by atoms with Crippen LogP contribution in [0.1, 0.15) is 31.2 Å². The van der Waals surface area contributed by atoms with E-state index in [1.807, 2.05) is 18.2 Å². The third kappa shape index (κ3) is 3.97. The molecule has 3 rings (SSSR count). The summed E-state index contributed by atoms with van der Waals surface area (Å²) in [6, 6.07) is 10.4. The number of amides is 2. The van der Waals surface area contributed by atoms with E-state index in [4.69, 9.17) is 0 Å². The highest BCUT2D eigenvalue weighted by Crippen LogP contribution is 2.44. The van der Waals surface area contributed by atoms with Crippen molar-refractivity contribution in [2.45, 2.75) is 38.1 Å². The maximum atomic E-state index is 12.1. The Morgan fingerprint density at radius 1 is 1.29 bits per heavy atom. The summed E-state index contributed by atoms with van der Waals surface area (Å²) < 4.78 is 0. The third-order valence-corrected chi connectivity index (χ3v) is 4.72. The first-order valence-electron chi connectivity index (χ1n) is 7.90. The highest BCUT2D eigenvalue weighted by molar-refractivity contribution is 5.74. The molecule has 3 N–H and O–H groups in total. The van der Waals surface area contributed by atoms with Crippen molar-refractivity contribution in [1.82, 2.24) is 10.6 Å². The monoisotopic (exact) mass is 288 g/mol. The first-order valence-corrected chi connectivity index (χ1v) is 7.90. The van der Waals surface area contributed by atoms with Gasteiger partial charge in [0.25, 0.3) is 0 Å². The van der Waals surface area contributed by atoms with Crippen molar-refractivity contribution >= 4 is 6.03 Å². The first-order chi connectivity index (χ1) is 10.2. The lowest BCUT2D eigenvalue weighted by molar-refractivity contribution is 0.201. The van der Waals surface area contributed by atoms with Crippen LogP contribution < -0.4 is 10.6 Å². The summed E-state index contributed by atoms with van der Waals surface area (Å²) >= 11 is 0. The summed E-state index contributed by atoms with van der Waals surface area (Å²) in [6.45, 7) is 0.751. The summed E-state index contributed by atoms with van der Waals surface area (Å²) in [6.07, 6.45) is 5.33. The fraction of sp³-hybridized carbons (Fsp3) is 0.588. The average molecular weight is 288 g/mol. The fourth-order valence-electron chi connectivity index (χ4n) is 2.76. The molecule has 2 saturated carbocycles. The van der Waals surface area contributed by atoms with Gasteiger partial charge in [0.2, 0.25) is 0 Å². The second kappa shape index (κ2) is 6.06. The molecule has 0 aliphatic heterocycles. The Labute approximate surface area is 125 Å². The van der Waals surface area contributed by atoms with E-state index >= 15 is 0 Å². The molecule has 0 heterocycles. The number of nitrogens with one attached hydrogen (secondary N) is 2. The van der Waals surface area contributed by atoms with E-state index in [0.29, 0.717) is 12.5 Å². The van der Waals surface area contributed by atoms with Crippen molar-refractivity contribution in [3.8, 4) is 0 Å². The minimum Gasteiger partial charge on any atom is -0.396 e. The Morgan fingerprint density at radius 2 is 2.00 bits per heavy atom. The molecule has 2 aliphatic carbocycles. The van der Waals surface area contributed by atoms with Gasteiger partial charge in [-0.15, -0.1) is 0 Å². The fourth-order valence-corrected chi connectivity index (χ4v) is 2.76. The lowest BCUT2D eigenvalue weighted by Crippen LogP contribution is -2.46. The summed E-state index contributed by atoms with van der Waals surface area (Å²) in [5, 5.41) is 15.3. The van der Waals surface area contributed by atoms with Crippen LogP contribution in [-0.2, 0) is 6.42 Å². The number of carbonyl (C=O) groups excluding carboxylic acids is 1. The molecule has 1 atom stereocenters. The van der Waals surface area contributed by atoms with Crippen LogP contribution in [0.25, 0.3) is 0 Å². The number of rotatable bonds is 7. The quantitative estimate of drug-likeness (QED) is 0.719. The molecule has 2 fully saturated rings. The molecule has 2 aliphatic rings. The molecule has 0 bridgehead atoms. The molecule has 0 saturated heterocycles. The molecule has 2 amide bonds. The standard InChI is InChI=1S/C17H24N2O2/c20-12-17(8-9-17)11-18-16(21)19-15(14-6-7-14)10-13-4-2-1-3-5-13/h1-5,14-15,20H,6-12H2,(H2,18,19,21). The van der Waals surface area contributed by atoms with Crippen molar-refractivity contribution in [1.29, 1.82) is 0 Å². The van der Waals surface area contributed by atoms with Crippen molar-refractivity contribution < 1.29 is 9.90 Å². The smallest absolute Gasteiger partial charge is 0.315 e. The van der Waals surface area contributed by atoms with Gasteiger partial charge in [0.1, 0.15) is 0 Å². The van der Waals surface area contributed by atoms with Gasteiger partial charge in [0.05, 0.1) is 6.61 Å². The van der Waals surface area contributed by atoms with E-state index in [1.54, 1.807) is 0 Å². The third-order valence-electron chi connectivity index (χ3n) is 4.72. The van der Waals surface area contributed by atoms with E-state index in [2.05, 4.69) is 22.8 Å². The lowest BCUT2D eigenvalue weighted by atomic mass is 10.0. The van der Waals surface area contributed by atoms with E-state index in [9.17, 15) is 9.90 Å². The van der Waals surface area contributed by atoms with Gasteiger partial charge >= 0.3 is 6.03 Å². The number of aliphatic hydroxyl groups is 1. The number of hydrogen-bond acceptors (Lipinski definition) is 2. The first kappa shape index (κ1) is 14.4. The molecule has 1 aromatic carbocycles. The predicted octanol–water partition coefficient (Wildman–Crippen LogP) is 2.08. The lowest BCUT2D eigenvalue weighted by Gasteiger charge is -2.20. The van der Waals surface area contributed by atoms with Crippen LogP contribution in [0.2, 0.25) is 0 Å². The van der Waals surface area contributed by atoms with Crippen LogP contribution in [0.15, 0.2) is 30.3 Å². The van der Waals surface area contributed by atoms with E-state index < -0.39 is 0 Å². The molecule has 114 valence electrons. The van der Waals surface area contributed by atoms with Gasteiger partial charge in [-0.25, -0.2) is 4.79 Å². The van der Waals surface area contributed by atoms with Gasteiger partial charge in [-0.2, -0.15) is 0 Å². The highest BCUT2D eigenvalue weighted by Gasteiger charge is 2.42. The Hall–Kier alpha value is -1.55. The SMILES string of the molecule is O=C(NCC1(CO)CC1)NC(Cc1ccccc1)C1CC1. The Kier molecular flexibility index (Phi) is 4.15. The second-order valence-electron chi connectivity index (χ2n) is 6.62. The molecule has 0 spiro atoms. The van der Waals surface area contributed by atoms with Crippen molar-refractivity contribution in [3.05, 3.63) is 35.9 Å². The van der Waals surface area contributed by atoms with Crippen molar-refractivity contribution in [2.75, 3.05) is 13.2 Å². The number of urea groups is 1. The molecular formula is C17H24N2O2. The topological polar surface area (TPSA) is 61.4 Å². The van der Waals surface area contributed by atoms with Gasteiger partial charge in [-0.3, -0.25) is 0 Å². The summed E-state index contributed by atoms with van der Waals surface area (Å²) in [7, 11) is 0. The summed E-state index contributed by atoms with van der Waals surface area (Å²) in [5.41, 5.74) is 1.23. The Bertz CT molecular complexity index is 481. The normalized spacial score (nSPS) is 20.6. The number of benzene rings is 1. The Balaban J connectivity index is 1.49. The van der Waals surface area contributed by atoms with Gasteiger partial charge in [0, 0.05) is 18.0 Å². The summed E-state index contributed by atoms with van der Waals surface area (Å²) in [4.78, 5) is 12.1. The predicted molar refractivity (Wildman–Crippen MR) is 81.9 cm³/mol. The number of aliphatic hydroxyl groups excluding tert-OH is 1. The van der Waals surface area contributed by atoms with Crippen LogP contribution in [0, 0.1) is 11.3 Å². The molecule has 1 unspecified atom stereocenters. The van der Waals surface area contributed by atoms with Gasteiger partial charge in [-0.1, -0.05) is 30.3 Å². The molecule has 0 aromatic heterocycles. The van der Waals surface area contributed by atoms with Crippen LogP contribution in [0.4, 0.5) is 4.79 Å². The van der Waals surface area contributed by atoms with Gasteiger partial charge < -0.3 is 15.7 Å². The zero-order valence-electron chi connectivity index (χ0n) is 12.3. The van der Waals surface area contributed by atoms with E-state index in [1.165, 1.54) is 18.4 Å². The largest absolute Gasteiger partial charge is 0.396 e. The molecule has 1 aromatic rings. The molecular weight excluding hydrogens is 264 g/mol. The van der Waals surface area contributed by atoms with Gasteiger partial charge in [-0.05, 0) is 43.6 Å². The number of hydrogen-bond donors (Lipinski definition) is 3. The van der Waals surface area contributed by atoms with Crippen LogP contribution in [-0.4, -0.2) is 30.3 Å². The minimum absolute atomic E-state index is 0.0359. The zero-order valence-corrected chi connectivity index (χ0v) is 12.3. The Morgan fingerprint density at radius 3 is 2.57 bits per heavy atom. The molecule has 21 heavy (non-hydrogen) atoms. The molecule has 0 radical (unpaired) electrons. The highest BCUT2D eigenvalue weighted by atomic mass is 16.3. The molecule has 4 heteroatoms. The van der Waals surface area contributed by atoms with Gasteiger partial charge in [0.15, 0.2) is 0 Å². The zero-order chi connectivity index (χ0) is 14.7. The van der Waals surface area contributed by atoms with Crippen molar-refractivity contribution in [2.24, 2.45) is 11.3 Å². The maximum Gasteiger partial charge on any atom is 0.315 e.